The number of phosphoric ester groups is 1. The molecule has 0 saturated heterocycles. The average Bonchev–Trinajstić information content (AvgIpc) is 3.10. The van der Waals surface area contributed by atoms with Gasteiger partial charge in [-0.2, -0.15) is 0 Å². The summed E-state index contributed by atoms with van der Waals surface area (Å²) < 4.78 is 22.1. The highest BCUT2D eigenvalue weighted by Crippen LogP contribution is 2.43. The molecular formula is C41H79N2O6P. The Morgan fingerprint density at radius 1 is 0.660 bits per heavy atom. The molecule has 5 N–H and O–H groups in total. The number of carbonyl (C=O) groups is 1. The Morgan fingerprint density at radius 2 is 1.10 bits per heavy atom. The SMILES string of the molecule is CCCCC/C=C\C/C=C\CCCCCCCCCCCC(=O)NC(COP(=O)(O)OCCN)C(O)/C=C/CCCCCCCCCCCC. The molecule has 3 atom stereocenters. The van der Waals surface area contributed by atoms with E-state index in [0.717, 1.165) is 44.9 Å². The molecule has 0 aromatic rings. The van der Waals surface area contributed by atoms with E-state index in [9.17, 15) is 19.4 Å². The number of phosphoric acid groups is 1. The van der Waals surface area contributed by atoms with Gasteiger partial charge >= 0.3 is 7.82 Å². The van der Waals surface area contributed by atoms with Crippen molar-refractivity contribution in [2.24, 2.45) is 5.73 Å². The van der Waals surface area contributed by atoms with Gasteiger partial charge in [0.1, 0.15) is 0 Å². The highest BCUT2D eigenvalue weighted by molar-refractivity contribution is 7.47. The molecule has 294 valence electrons. The second-order valence-electron chi connectivity index (χ2n) is 13.8. The van der Waals surface area contributed by atoms with Gasteiger partial charge in [-0.25, -0.2) is 4.57 Å². The maximum atomic E-state index is 12.7. The molecular weight excluding hydrogens is 647 g/mol. The third-order valence-corrected chi connectivity index (χ3v) is 9.94. The van der Waals surface area contributed by atoms with E-state index >= 15 is 0 Å². The summed E-state index contributed by atoms with van der Waals surface area (Å²) >= 11 is 0. The van der Waals surface area contributed by atoms with Gasteiger partial charge in [0.25, 0.3) is 0 Å². The lowest BCUT2D eigenvalue weighted by Crippen LogP contribution is -2.45. The summed E-state index contributed by atoms with van der Waals surface area (Å²) in [5.74, 6) is -0.201. The molecule has 1 amide bonds. The van der Waals surface area contributed by atoms with Gasteiger partial charge in [0.05, 0.1) is 25.4 Å². The quantitative estimate of drug-likeness (QED) is 0.0283. The lowest BCUT2D eigenvalue weighted by molar-refractivity contribution is -0.123. The number of nitrogens with two attached hydrogens (primary N) is 1. The molecule has 0 rings (SSSR count). The van der Waals surface area contributed by atoms with Crippen LogP contribution in [0.5, 0.6) is 0 Å². The minimum atomic E-state index is -4.33. The second kappa shape index (κ2) is 37.5. The van der Waals surface area contributed by atoms with Gasteiger partial charge in [0.2, 0.25) is 5.91 Å². The van der Waals surface area contributed by atoms with Crippen molar-refractivity contribution < 1.29 is 28.4 Å². The normalized spacial score (nSPS) is 14.6. The van der Waals surface area contributed by atoms with Crippen molar-refractivity contribution in [1.29, 1.82) is 0 Å². The molecule has 0 radical (unpaired) electrons. The van der Waals surface area contributed by atoms with Crippen LogP contribution in [0.15, 0.2) is 36.5 Å². The van der Waals surface area contributed by atoms with Gasteiger partial charge in [0.15, 0.2) is 0 Å². The van der Waals surface area contributed by atoms with Crippen LogP contribution in [0.2, 0.25) is 0 Å². The van der Waals surface area contributed by atoms with Gasteiger partial charge < -0.3 is 21.1 Å². The summed E-state index contributed by atoms with van der Waals surface area (Å²) in [6.45, 7) is 4.09. The van der Waals surface area contributed by atoms with E-state index in [1.807, 2.05) is 6.08 Å². The molecule has 0 fully saturated rings. The second-order valence-corrected chi connectivity index (χ2v) is 15.3. The van der Waals surface area contributed by atoms with Crippen molar-refractivity contribution in [3.8, 4) is 0 Å². The number of hydrogen-bond acceptors (Lipinski definition) is 6. The molecule has 0 spiro atoms. The van der Waals surface area contributed by atoms with Gasteiger partial charge in [0, 0.05) is 13.0 Å². The first-order valence-corrected chi connectivity index (χ1v) is 22.1. The molecule has 9 heteroatoms. The third kappa shape index (κ3) is 35.1. The summed E-state index contributed by atoms with van der Waals surface area (Å²) in [5, 5.41) is 13.6. The van der Waals surface area contributed by atoms with Crippen LogP contribution in [0.1, 0.15) is 187 Å². The van der Waals surface area contributed by atoms with Crippen molar-refractivity contribution in [2.75, 3.05) is 19.8 Å². The highest BCUT2D eigenvalue weighted by Gasteiger charge is 2.26. The van der Waals surface area contributed by atoms with Crippen molar-refractivity contribution in [3.05, 3.63) is 36.5 Å². The number of hydrogen-bond donors (Lipinski definition) is 4. The molecule has 0 bridgehead atoms. The molecule has 0 heterocycles. The lowest BCUT2D eigenvalue weighted by atomic mass is 10.0. The zero-order chi connectivity index (χ0) is 36.8. The van der Waals surface area contributed by atoms with Crippen LogP contribution in [-0.4, -0.2) is 47.8 Å². The fourth-order valence-electron chi connectivity index (χ4n) is 5.81. The number of aliphatic hydroxyl groups excluding tert-OH is 1. The number of nitrogens with one attached hydrogen (secondary N) is 1. The van der Waals surface area contributed by atoms with E-state index in [0.29, 0.717) is 6.42 Å². The first kappa shape index (κ1) is 48.7. The van der Waals surface area contributed by atoms with Crippen LogP contribution in [0.4, 0.5) is 0 Å². The van der Waals surface area contributed by atoms with E-state index in [2.05, 4.69) is 43.5 Å². The minimum Gasteiger partial charge on any atom is -0.387 e. The van der Waals surface area contributed by atoms with Crippen molar-refractivity contribution in [3.63, 3.8) is 0 Å². The Kier molecular flexibility index (Phi) is 36.5. The smallest absolute Gasteiger partial charge is 0.387 e. The molecule has 3 unspecified atom stereocenters. The predicted molar refractivity (Wildman–Crippen MR) is 212 cm³/mol. The topological polar surface area (TPSA) is 131 Å². The molecule has 0 saturated carbocycles. The van der Waals surface area contributed by atoms with E-state index < -0.39 is 20.0 Å². The van der Waals surface area contributed by atoms with Crippen LogP contribution >= 0.6 is 7.82 Å². The summed E-state index contributed by atoms with van der Waals surface area (Å²) in [6, 6.07) is -0.860. The summed E-state index contributed by atoms with van der Waals surface area (Å²) in [5.41, 5.74) is 5.36. The zero-order valence-corrected chi connectivity index (χ0v) is 33.3. The zero-order valence-electron chi connectivity index (χ0n) is 32.4. The molecule has 8 nitrogen and oxygen atoms in total. The number of aliphatic hydroxyl groups is 1. The highest BCUT2D eigenvalue weighted by atomic mass is 31.2. The van der Waals surface area contributed by atoms with Crippen LogP contribution in [0.3, 0.4) is 0 Å². The number of carbonyl (C=O) groups excluding carboxylic acids is 1. The van der Waals surface area contributed by atoms with Crippen molar-refractivity contribution in [2.45, 2.75) is 199 Å². The van der Waals surface area contributed by atoms with Crippen molar-refractivity contribution >= 4 is 13.7 Å². The van der Waals surface area contributed by atoms with Crippen LogP contribution in [0.25, 0.3) is 0 Å². The molecule has 0 aliphatic rings. The fraction of sp³-hybridized carbons (Fsp3) is 0.829. The van der Waals surface area contributed by atoms with Crippen molar-refractivity contribution in [1.82, 2.24) is 5.32 Å². The number of allylic oxidation sites excluding steroid dienone is 5. The predicted octanol–water partition coefficient (Wildman–Crippen LogP) is 11.2. The summed E-state index contributed by atoms with van der Waals surface area (Å²) in [7, 11) is -4.33. The van der Waals surface area contributed by atoms with Gasteiger partial charge in [-0.05, 0) is 51.4 Å². The standard InChI is InChI=1S/C41H79N2O6P/c1-3-5-7-9-11-13-15-17-18-19-20-21-22-23-25-27-29-31-33-35-41(45)43-39(38-49-50(46,47)48-37-36-42)40(44)34-32-30-28-26-24-16-14-12-10-8-6-4-2/h11,13,17-18,32,34,39-40,44H,3-10,12,14-16,19-31,33,35-38,42H2,1-2H3,(H,43,45)(H,46,47)/b13-11-,18-17-,34-32+. The Balaban J connectivity index is 4.21. The third-order valence-electron chi connectivity index (χ3n) is 8.96. The Hall–Kier alpha value is -1.28. The number of unbranched alkanes of at least 4 members (excludes halogenated alkanes) is 22. The molecule has 0 aromatic carbocycles. The Labute approximate surface area is 308 Å². The first-order chi connectivity index (χ1) is 24.4. The number of amides is 1. The van der Waals surface area contributed by atoms with Crippen LogP contribution < -0.4 is 11.1 Å². The van der Waals surface area contributed by atoms with Gasteiger partial charge in [-0.15, -0.1) is 0 Å². The Morgan fingerprint density at radius 3 is 1.62 bits per heavy atom. The largest absolute Gasteiger partial charge is 0.472 e. The minimum absolute atomic E-state index is 0.0774. The fourth-order valence-corrected chi connectivity index (χ4v) is 6.57. The van der Waals surface area contributed by atoms with E-state index in [1.165, 1.54) is 122 Å². The summed E-state index contributed by atoms with van der Waals surface area (Å²) in [6.07, 6.45) is 43.3. The van der Waals surface area contributed by atoms with Crippen LogP contribution in [-0.2, 0) is 18.4 Å². The maximum absolute atomic E-state index is 12.7. The first-order valence-electron chi connectivity index (χ1n) is 20.6. The molecule has 0 aromatic heterocycles. The number of rotatable bonds is 38. The Bertz CT molecular complexity index is 881. The van der Waals surface area contributed by atoms with E-state index in [-0.39, 0.29) is 25.7 Å². The average molecular weight is 727 g/mol. The van der Waals surface area contributed by atoms with E-state index in [4.69, 9.17) is 14.8 Å². The van der Waals surface area contributed by atoms with Gasteiger partial charge in [-0.1, -0.05) is 166 Å². The molecule has 0 aliphatic heterocycles. The maximum Gasteiger partial charge on any atom is 0.472 e. The summed E-state index contributed by atoms with van der Waals surface area (Å²) in [4.78, 5) is 22.6. The molecule has 50 heavy (non-hydrogen) atoms. The molecule has 0 aliphatic carbocycles. The van der Waals surface area contributed by atoms with E-state index in [1.54, 1.807) is 6.08 Å². The van der Waals surface area contributed by atoms with Gasteiger partial charge in [-0.3, -0.25) is 13.8 Å². The lowest BCUT2D eigenvalue weighted by Gasteiger charge is -2.23. The monoisotopic (exact) mass is 727 g/mol. The van der Waals surface area contributed by atoms with Crippen LogP contribution in [0, 0.1) is 0 Å².